The summed E-state index contributed by atoms with van der Waals surface area (Å²) < 4.78 is 0. The Kier molecular flexibility index (Phi) is 2.38. The zero-order chi connectivity index (χ0) is 10.2. The van der Waals surface area contributed by atoms with Crippen molar-refractivity contribution < 1.29 is 30.0 Å². The number of carboxylic acid groups (broad SMARTS) is 1. The van der Waals surface area contributed by atoms with Crippen LogP contribution >= 0.6 is 0 Å². The molecule has 0 aromatic rings. The first-order valence-electron chi connectivity index (χ1n) is 3.69. The Bertz CT molecular complexity index is 249. The van der Waals surface area contributed by atoms with Crippen molar-refractivity contribution in [1.29, 1.82) is 0 Å². The van der Waals surface area contributed by atoms with E-state index in [-0.39, 0.29) is 0 Å². The predicted molar refractivity (Wildman–Crippen MR) is 36.2 cm³/mol. The molecular weight excluding hydrogens is 180 g/mol. The molecule has 1 saturated carbocycles. The van der Waals surface area contributed by atoms with Gasteiger partial charge >= 0.3 is 0 Å². The normalized spacial score (nSPS) is 40.4. The maximum absolute atomic E-state index is 10.9. The lowest BCUT2D eigenvalue weighted by molar-refractivity contribution is -0.327. The molecule has 6 nitrogen and oxygen atoms in total. The van der Waals surface area contributed by atoms with Gasteiger partial charge in [0.1, 0.15) is 11.7 Å². The smallest absolute Gasteiger partial charge is 0.167 e. The van der Waals surface area contributed by atoms with E-state index in [1.165, 1.54) is 0 Å². The average Bonchev–Trinajstić information content (AvgIpc) is 2.00. The Balaban J connectivity index is 2.85. The van der Waals surface area contributed by atoms with Gasteiger partial charge in [0, 0.05) is 12.8 Å². The largest absolute Gasteiger partial charge is 0.547 e. The van der Waals surface area contributed by atoms with E-state index in [0.29, 0.717) is 0 Å². The zero-order valence-electron chi connectivity index (χ0n) is 6.64. The van der Waals surface area contributed by atoms with Gasteiger partial charge < -0.3 is 25.2 Å². The van der Waals surface area contributed by atoms with Gasteiger partial charge in [0.2, 0.25) is 0 Å². The van der Waals surface area contributed by atoms with Crippen LogP contribution in [0.15, 0.2) is 0 Å². The number of aliphatic hydroxyl groups excluding tert-OH is 2. The van der Waals surface area contributed by atoms with Crippen LogP contribution in [0.4, 0.5) is 0 Å². The third-order valence-corrected chi connectivity index (χ3v) is 2.09. The SMILES string of the molecule is O=C1CC(O)(C(=O)[O-])CC(O)C1O. The van der Waals surface area contributed by atoms with E-state index >= 15 is 0 Å². The van der Waals surface area contributed by atoms with E-state index in [4.69, 9.17) is 10.2 Å². The highest BCUT2D eigenvalue weighted by molar-refractivity contribution is 5.91. The summed E-state index contributed by atoms with van der Waals surface area (Å²) in [5.74, 6) is -2.71. The van der Waals surface area contributed by atoms with Crippen LogP contribution in [-0.4, -0.2) is 44.9 Å². The van der Waals surface area contributed by atoms with Crippen LogP contribution in [-0.2, 0) is 9.59 Å². The number of Topliss-reactive ketones (excluding diaryl/α,β-unsaturated/α-hetero) is 1. The van der Waals surface area contributed by atoms with Crippen molar-refractivity contribution in [3.05, 3.63) is 0 Å². The number of rotatable bonds is 1. The fraction of sp³-hybridized carbons (Fsp3) is 0.714. The minimum atomic E-state index is -2.35. The summed E-state index contributed by atoms with van der Waals surface area (Å²) in [4.78, 5) is 21.2. The van der Waals surface area contributed by atoms with Crippen LogP contribution in [0.1, 0.15) is 12.8 Å². The van der Waals surface area contributed by atoms with Crippen molar-refractivity contribution >= 4 is 11.8 Å². The average molecular weight is 189 g/mol. The molecule has 1 aliphatic carbocycles. The van der Waals surface area contributed by atoms with Crippen LogP contribution in [0.2, 0.25) is 0 Å². The van der Waals surface area contributed by atoms with Gasteiger partial charge in [0.25, 0.3) is 0 Å². The molecule has 0 aromatic heterocycles. The molecule has 3 atom stereocenters. The predicted octanol–water partition coefficient (Wildman–Crippen LogP) is -3.45. The highest BCUT2D eigenvalue weighted by Gasteiger charge is 2.44. The van der Waals surface area contributed by atoms with Crippen molar-refractivity contribution in [2.24, 2.45) is 0 Å². The molecule has 3 N–H and O–H groups in total. The summed E-state index contributed by atoms with van der Waals surface area (Å²) >= 11 is 0. The summed E-state index contributed by atoms with van der Waals surface area (Å²) in [5.41, 5.74) is -2.35. The third-order valence-electron chi connectivity index (χ3n) is 2.09. The minimum absolute atomic E-state index is 0.595. The number of carbonyl (C=O) groups excluding carboxylic acids is 2. The Labute approximate surface area is 73.4 Å². The topological polar surface area (TPSA) is 118 Å². The Hall–Kier alpha value is -0.980. The lowest BCUT2D eigenvalue weighted by Crippen LogP contribution is -2.58. The van der Waals surface area contributed by atoms with Crippen LogP contribution in [0.25, 0.3) is 0 Å². The molecule has 1 fully saturated rings. The molecule has 0 saturated heterocycles. The summed E-state index contributed by atoms with van der Waals surface area (Å²) in [7, 11) is 0. The van der Waals surface area contributed by atoms with Gasteiger partial charge in [-0.2, -0.15) is 0 Å². The molecule has 0 aliphatic heterocycles. The van der Waals surface area contributed by atoms with Gasteiger partial charge in [-0.15, -0.1) is 0 Å². The summed E-state index contributed by atoms with van der Waals surface area (Å²) in [5, 5.41) is 37.6. The lowest BCUT2D eigenvalue weighted by Gasteiger charge is -2.36. The van der Waals surface area contributed by atoms with Crippen LogP contribution in [0.3, 0.4) is 0 Å². The van der Waals surface area contributed by atoms with Gasteiger partial charge in [-0.1, -0.05) is 0 Å². The molecule has 6 heteroatoms. The van der Waals surface area contributed by atoms with Crippen molar-refractivity contribution in [1.82, 2.24) is 0 Å². The molecule has 0 heterocycles. The van der Waals surface area contributed by atoms with Crippen LogP contribution < -0.4 is 5.11 Å². The lowest BCUT2D eigenvalue weighted by atomic mass is 9.81. The molecule has 0 amide bonds. The highest BCUT2D eigenvalue weighted by Crippen LogP contribution is 2.25. The Morgan fingerprint density at radius 3 is 2.46 bits per heavy atom. The van der Waals surface area contributed by atoms with Crippen molar-refractivity contribution in [3.8, 4) is 0 Å². The molecule has 0 bridgehead atoms. The number of aliphatic hydroxyl groups is 3. The maximum Gasteiger partial charge on any atom is 0.167 e. The van der Waals surface area contributed by atoms with Crippen molar-refractivity contribution in [3.63, 3.8) is 0 Å². The number of carboxylic acids is 1. The van der Waals surface area contributed by atoms with Gasteiger partial charge in [0.15, 0.2) is 5.78 Å². The second-order valence-corrected chi connectivity index (χ2v) is 3.18. The van der Waals surface area contributed by atoms with Gasteiger partial charge in [0.05, 0.1) is 12.1 Å². The highest BCUT2D eigenvalue weighted by atomic mass is 16.4. The van der Waals surface area contributed by atoms with Crippen LogP contribution in [0, 0.1) is 0 Å². The number of hydrogen-bond acceptors (Lipinski definition) is 6. The van der Waals surface area contributed by atoms with E-state index in [0.717, 1.165) is 0 Å². The first-order chi connectivity index (χ1) is 5.87. The molecule has 74 valence electrons. The van der Waals surface area contributed by atoms with Crippen molar-refractivity contribution in [2.75, 3.05) is 0 Å². The number of carbonyl (C=O) groups is 2. The number of aliphatic carboxylic acids is 1. The van der Waals surface area contributed by atoms with Gasteiger partial charge in [-0.3, -0.25) is 4.79 Å². The molecule has 0 aromatic carbocycles. The fourth-order valence-electron chi connectivity index (χ4n) is 1.29. The quantitative estimate of drug-likeness (QED) is 0.395. The number of ketones is 1. The Morgan fingerprint density at radius 1 is 1.54 bits per heavy atom. The summed E-state index contributed by atoms with van der Waals surface area (Å²) in [6.07, 6.45) is -4.49. The van der Waals surface area contributed by atoms with Crippen LogP contribution in [0.5, 0.6) is 0 Å². The molecule has 13 heavy (non-hydrogen) atoms. The molecule has 1 aliphatic rings. The number of hydrogen-bond donors (Lipinski definition) is 3. The maximum atomic E-state index is 10.9. The second-order valence-electron chi connectivity index (χ2n) is 3.18. The van der Waals surface area contributed by atoms with Gasteiger partial charge in [-0.05, 0) is 0 Å². The summed E-state index contributed by atoms with van der Waals surface area (Å²) in [6.45, 7) is 0. The zero-order valence-corrected chi connectivity index (χ0v) is 6.64. The molecule has 0 radical (unpaired) electrons. The van der Waals surface area contributed by atoms with E-state index in [9.17, 15) is 19.8 Å². The minimum Gasteiger partial charge on any atom is -0.547 e. The standard InChI is InChI=1S/C7H10O6/c8-3-1-7(13,6(11)12)2-4(9)5(3)10/h3,5,8,10,13H,1-2H2,(H,11,12)/p-1. The third kappa shape index (κ3) is 1.69. The van der Waals surface area contributed by atoms with E-state index < -0.39 is 42.4 Å². The fourth-order valence-corrected chi connectivity index (χ4v) is 1.29. The summed E-state index contributed by atoms with van der Waals surface area (Å²) in [6, 6.07) is 0. The first kappa shape index (κ1) is 10.1. The van der Waals surface area contributed by atoms with E-state index in [1.807, 2.05) is 0 Å². The molecular formula is C7H9O6-. The van der Waals surface area contributed by atoms with Crippen molar-refractivity contribution in [2.45, 2.75) is 30.7 Å². The second kappa shape index (κ2) is 3.06. The van der Waals surface area contributed by atoms with E-state index in [2.05, 4.69) is 0 Å². The Morgan fingerprint density at radius 2 is 2.08 bits per heavy atom. The first-order valence-corrected chi connectivity index (χ1v) is 3.69. The molecule has 0 spiro atoms. The van der Waals surface area contributed by atoms with Gasteiger partial charge in [-0.25, -0.2) is 0 Å². The van der Waals surface area contributed by atoms with E-state index in [1.54, 1.807) is 0 Å². The molecule has 1 rings (SSSR count). The monoisotopic (exact) mass is 189 g/mol. The molecule has 3 unspecified atom stereocenters.